The predicted molar refractivity (Wildman–Crippen MR) is 103 cm³/mol. The first-order chi connectivity index (χ1) is 13.1. The van der Waals surface area contributed by atoms with Crippen LogP contribution in [0.15, 0.2) is 35.3 Å². The molecule has 1 aromatic carbocycles. The molecule has 142 valence electrons. The van der Waals surface area contributed by atoms with Crippen molar-refractivity contribution in [3.63, 3.8) is 0 Å². The van der Waals surface area contributed by atoms with Crippen LogP contribution in [0.1, 0.15) is 39.0 Å². The monoisotopic (exact) mass is 366 g/mol. The first kappa shape index (κ1) is 16.8. The Bertz CT molecular complexity index is 763. The number of nitrogens with zero attached hydrogens (tertiary/aromatic N) is 2. The topological polar surface area (TPSA) is 73.8 Å². The standard InChI is InChI=1S/C21H26N4O2/c1-12-21(27)25(17-5-3-2-4-6-17)24-19(22-12)20(26)23-18-15-8-13-7-14(10-15)11-16(18)9-13/h2-6,12-16,18H,7-11H2,1H3,(H,22,24)(H,23,26). The van der Waals surface area contributed by atoms with Crippen molar-refractivity contribution >= 4 is 23.3 Å². The number of hydrazine groups is 1. The number of amides is 2. The highest BCUT2D eigenvalue weighted by atomic mass is 16.2. The second kappa shape index (κ2) is 6.36. The minimum absolute atomic E-state index is 0.160. The van der Waals surface area contributed by atoms with Gasteiger partial charge in [0, 0.05) is 6.04 Å². The fourth-order valence-electron chi connectivity index (χ4n) is 5.88. The average molecular weight is 366 g/mol. The third-order valence-corrected chi connectivity index (χ3v) is 6.87. The third-order valence-electron chi connectivity index (χ3n) is 6.87. The van der Waals surface area contributed by atoms with Crippen molar-refractivity contribution < 1.29 is 9.59 Å². The maximum atomic E-state index is 13.0. The summed E-state index contributed by atoms with van der Waals surface area (Å²) in [5, 5.41) is 4.70. The van der Waals surface area contributed by atoms with E-state index >= 15 is 0 Å². The first-order valence-electron chi connectivity index (χ1n) is 10.1. The molecule has 4 bridgehead atoms. The number of aliphatic imine (C=N–C) groups is 1. The molecule has 2 amide bonds. The van der Waals surface area contributed by atoms with E-state index in [4.69, 9.17) is 0 Å². The quantitative estimate of drug-likeness (QED) is 0.862. The van der Waals surface area contributed by atoms with Crippen LogP contribution in [0.25, 0.3) is 0 Å². The Hall–Kier alpha value is -2.37. The molecular formula is C21H26N4O2. The number of para-hydroxylation sites is 1. The van der Waals surface area contributed by atoms with Crippen molar-refractivity contribution in [2.75, 3.05) is 5.01 Å². The zero-order valence-corrected chi connectivity index (χ0v) is 15.6. The van der Waals surface area contributed by atoms with Gasteiger partial charge in [-0.2, -0.15) is 0 Å². The van der Waals surface area contributed by atoms with Gasteiger partial charge >= 0.3 is 0 Å². The van der Waals surface area contributed by atoms with Crippen molar-refractivity contribution in [1.82, 2.24) is 10.7 Å². The normalized spacial score (nSPS) is 37.0. The SMILES string of the molecule is CC1N=C(C(=O)NC2C3CC4CC(C3)CC2C4)NN(c2ccccc2)C1=O. The number of anilines is 1. The molecule has 0 saturated heterocycles. The van der Waals surface area contributed by atoms with E-state index in [-0.39, 0.29) is 23.7 Å². The number of rotatable bonds is 3. The molecule has 27 heavy (non-hydrogen) atoms. The molecule has 0 spiro atoms. The molecule has 1 aromatic rings. The first-order valence-corrected chi connectivity index (χ1v) is 10.1. The second-order valence-electron chi connectivity index (χ2n) is 8.70. The van der Waals surface area contributed by atoms with Crippen LogP contribution in [-0.4, -0.2) is 29.7 Å². The average Bonchev–Trinajstić information content (AvgIpc) is 2.66. The van der Waals surface area contributed by atoms with Crippen molar-refractivity contribution in [2.45, 2.75) is 51.1 Å². The number of amidine groups is 1. The molecular weight excluding hydrogens is 340 g/mol. The fraction of sp³-hybridized carbons (Fsp3) is 0.571. The van der Waals surface area contributed by atoms with Crippen LogP contribution in [0.4, 0.5) is 5.69 Å². The lowest BCUT2D eigenvalue weighted by molar-refractivity contribution is -0.120. The number of nitrogens with one attached hydrogen (secondary N) is 2. The zero-order valence-electron chi connectivity index (χ0n) is 15.6. The summed E-state index contributed by atoms with van der Waals surface area (Å²) >= 11 is 0. The third kappa shape index (κ3) is 2.91. The van der Waals surface area contributed by atoms with E-state index in [0.29, 0.717) is 17.5 Å². The summed E-state index contributed by atoms with van der Waals surface area (Å²) < 4.78 is 0. The number of carbonyl (C=O) groups excluding carboxylic acids is 2. The van der Waals surface area contributed by atoms with Gasteiger partial charge in [-0.1, -0.05) is 18.2 Å². The summed E-state index contributed by atoms with van der Waals surface area (Å²) in [6, 6.07) is 9.00. The van der Waals surface area contributed by atoms with Crippen LogP contribution in [0.5, 0.6) is 0 Å². The zero-order chi connectivity index (χ0) is 18.5. The molecule has 6 heteroatoms. The van der Waals surface area contributed by atoms with E-state index in [0.717, 1.165) is 11.8 Å². The number of hydrogen-bond donors (Lipinski definition) is 2. The molecule has 0 aromatic heterocycles. The van der Waals surface area contributed by atoms with Gasteiger partial charge in [0.2, 0.25) is 5.84 Å². The Morgan fingerprint density at radius 2 is 1.70 bits per heavy atom. The minimum atomic E-state index is -0.578. The Morgan fingerprint density at radius 1 is 1.07 bits per heavy atom. The highest BCUT2D eigenvalue weighted by Gasteiger charge is 2.49. The molecule has 1 heterocycles. The Kier molecular flexibility index (Phi) is 3.95. The van der Waals surface area contributed by atoms with E-state index in [1.165, 1.54) is 37.1 Å². The van der Waals surface area contributed by atoms with Crippen LogP contribution in [0, 0.1) is 23.7 Å². The van der Waals surface area contributed by atoms with E-state index in [1.807, 2.05) is 30.3 Å². The van der Waals surface area contributed by atoms with Gasteiger partial charge in [0.25, 0.3) is 11.8 Å². The minimum Gasteiger partial charge on any atom is -0.346 e. The summed E-state index contributed by atoms with van der Waals surface area (Å²) in [6.45, 7) is 1.73. The molecule has 6 nitrogen and oxygen atoms in total. The highest BCUT2D eigenvalue weighted by molar-refractivity contribution is 6.39. The van der Waals surface area contributed by atoms with Gasteiger partial charge in [-0.15, -0.1) is 0 Å². The Balaban J connectivity index is 1.33. The molecule has 6 rings (SSSR count). The molecule has 2 N–H and O–H groups in total. The Morgan fingerprint density at radius 3 is 2.33 bits per heavy atom. The van der Waals surface area contributed by atoms with Crippen LogP contribution in [-0.2, 0) is 9.59 Å². The van der Waals surface area contributed by atoms with Crippen LogP contribution < -0.4 is 15.8 Å². The van der Waals surface area contributed by atoms with Gasteiger partial charge in [0.15, 0.2) is 0 Å². The van der Waals surface area contributed by atoms with Gasteiger partial charge < -0.3 is 5.32 Å². The lowest BCUT2D eigenvalue weighted by atomic mass is 9.54. The lowest BCUT2D eigenvalue weighted by Crippen LogP contribution is -2.61. The van der Waals surface area contributed by atoms with Gasteiger partial charge in [-0.3, -0.25) is 15.0 Å². The molecule has 4 fully saturated rings. The summed E-state index contributed by atoms with van der Waals surface area (Å²) in [6.07, 6.45) is 6.41. The second-order valence-corrected chi connectivity index (χ2v) is 8.70. The molecule has 1 unspecified atom stereocenters. The maximum Gasteiger partial charge on any atom is 0.288 e. The van der Waals surface area contributed by atoms with Gasteiger partial charge in [0.1, 0.15) is 6.04 Å². The van der Waals surface area contributed by atoms with Crippen LogP contribution >= 0.6 is 0 Å². The predicted octanol–water partition coefficient (Wildman–Crippen LogP) is 2.27. The summed E-state index contributed by atoms with van der Waals surface area (Å²) in [5.74, 6) is 2.85. The van der Waals surface area contributed by atoms with E-state index < -0.39 is 6.04 Å². The van der Waals surface area contributed by atoms with Crippen molar-refractivity contribution in [1.29, 1.82) is 0 Å². The molecule has 5 aliphatic rings. The van der Waals surface area contributed by atoms with E-state index in [9.17, 15) is 9.59 Å². The smallest absolute Gasteiger partial charge is 0.288 e. The summed E-state index contributed by atoms with van der Waals surface area (Å²) in [5.41, 5.74) is 3.66. The number of benzene rings is 1. The van der Waals surface area contributed by atoms with Crippen LogP contribution in [0.3, 0.4) is 0 Å². The van der Waals surface area contributed by atoms with Crippen molar-refractivity contribution in [2.24, 2.45) is 28.7 Å². The fourth-order valence-corrected chi connectivity index (χ4v) is 5.88. The maximum absolute atomic E-state index is 13.0. The van der Waals surface area contributed by atoms with Crippen molar-refractivity contribution in [3.05, 3.63) is 30.3 Å². The van der Waals surface area contributed by atoms with E-state index in [2.05, 4.69) is 15.7 Å². The Labute approximate surface area is 159 Å². The number of carbonyl (C=O) groups is 2. The lowest BCUT2D eigenvalue weighted by Gasteiger charge is -2.54. The summed E-state index contributed by atoms with van der Waals surface area (Å²) in [7, 11) is 0. The molecule has 4 aliphatic carbocycles. The molecule has 1 aliphatic heterocycles. The largest absolute Gasteiger partial charge is 0.346 e. The van der Waals surface area contributed by atoms with Gasteiger partial charge in [0.05, 0.1) is 5.69 Å². The van der Waals surface area contributed by atoms with Crippen LogP contribution in [0.2, 0.25) is 0 Å². The molecule has 4 saturated carbocycles. The van der Waals surface area contributed by atoms with E-state index in [1.54, 1.807) is 6.92 Å². The summed E-state index contributed by atoms with van der Waals surface area (Å²) in [4.78, 5) is 29.8. The molecule has 0 radical (unpaired) electrons. The highest BCUT2D eigenvalue weighted by Crippen LogP contribution is 2.53. The van der Waals surface area contributed by atoms with Crippen molar-refractivity contribution in [3.8, 4) is 0 Å². The van der Waals surface area contributed by atoms with Gasteiger partial charge in [-0.05, 0) is 74.8 Å². The number of hydrogen-bond acceptors (Lipinski definition) is 4. The molecule has 1 atom stereocenters. The van der Waals surface area contributed by atoms with Gasteiger partial charge in [-0.25, -0.2) is 10.0 Å².